The molecule has 0 aliphatic heterocycles. The zero-order valence-corrected chi connectivity index (χ0v) is 22.9. The van der Waals surface area contributed by atoms with Gasteiger partial charge in [0.05, 0.1) is 12.7 Å². The normalized spacial score (nSPS) is 23.5. The molecule has 0 saturated heterocycles. The van der Waals surface area contributed by atoms with Crippen molar-refractivity contribution in [2.45, 2.75) is 60.0 Å². The zero-order valence-electron chi connectivity index (χ0n) is 22.9. The van der Waals surface area contributed by atoms with E-state index in [0.29, 0.717) is 32.2 Å². The standard InChI is InChI=1S/C30H42N4O3/c1-21-6-10-24(11-7-21)32-27(35)31-16-17-34(28(36)33-25-12-8-22(2)9-13-25)18-19-37-26-20-23-14-15-30(26,5)29(23,3)4/h6-13,23,26H,14-20H2,1-5H3,(H,33,36)(H2,31,32,35)/t23-,26-,30+/m1/s1. The zero-order chi connectivity index (χ0) is 26.6. The van der Waals surface area contributed by atoms with E-state index in [2.05, 4.69) is 36.7 Å². The van der Waals surface area contributed by atoms with Gasteiger partial charge in [0, 0.05) is 31.0 Å². The third-order valence-electron chi connectivity index (χ3n) is 8.96. The van der Waals surface area contributed by atoms with Gasteiger partial charge in [-0.05, 0) is 74.1 Å². The molecule has 4 rings (SSSR count). The quantitative estimate of drug-likeness (QED) is 0.379. The number of nitrogens with zero attached hydrogens (tertiary/aromatic N) is 1. The lowest BCUT2D eigenvalue weighted by atomic mass is 9.70. The molecule has 0 aromatic heterocycles. The highest BCUT2D eigenvalue weighted by atomic mass is 16.5. The molecule has 3 N–H and O–H groups in total. The summed E-state index contributed by atoms with van der Waals surface area (Å²) in [5.74, 6) is 0.708. The first-order valence-electron chi connectivity index (χ1n) is 13.4. The van der Waals surface area contributed by atoms with E-state index in [-0.39, 0.29) is 29.0 Å². The summed E-state index contributed by atoms with van der Waals surface area (Å²) < 4.78 is 6.42. The van der Waals surface area contributed by atoms with E-state index >= 15 is 0 Å². The van der Waals surface area contributed by atoms with E-state index < -0.39 is 0 Å². The van der Waals surface area contributed by atoms with Crippen molar-refractivity contribution in [3.8, 4) is 0 Å². The highest BCUT2D eigenvalue weighted by molar-refractivity contribution is 5.90. The molecule has 7 nitrogen and oxygen atoms in total. The first kappa shape index (κ1) is 27.0. The molecule has 200 valence electrons. The highest BCUT2D eigenvalue weighted by Gasteiger charge is 2.61. The maximum atomic E-state index is 13.1. The Morgan fingerprint density at radius 1 is 0.919 bits per heavy atom. The van der Waals surface area contributed by atoms with E-state index in [9.17, 15) is 9.59 Å². The Hall–Kier alpha value is -3.06. The second kappa shape index (κ2) is 11.1. The third-order valence-corrected chi connectivity index (χ3v) is 8.96. The van der Waals surface area contributed by atoms with Crippen LogP contribution in [0.15, 0.2) is 48.5 Å². The smallest absolute Gasteiger partial charge is 0.321 e. The first-order chi connectivity index (χ1) is 17.6. The van der Waals surface area contributed by atoms with Gasteiger partial charge in [-0.1, -0.05) is 56.2 Å². The van der Waals surface area contributed by atoms with Gasteiger partial charge in [-0.15, -0.1) is 0 Å². The summed E-state index contributed by atoms with van der Waals surface area (Å²) >= 11 is 0. The Morgan fingerprint density at radius 2 is 1.51 bits per heavy atom. The molecule has 2 aliphatic rings. The topological polar surface area (TPSA) is 82.7 Å². The minimum atomic E-state index is -0.295. The van der Waals surface area contributed by atoms with Gasteiger partial charge in [0.2, 0.25) is 0 Å². The van der Waals surface area contributed by atoms with Crippen LogP contribution in [0.1, 0.15) is 51.2 Å². The molecule has 2 saturated carbocycles. The number of urea groups is 2. The third kappa shape index (κ3) is 6.09. The van der Waals surface area contributed by atoms with Crippen LogP contribution in [0.2, 0.25) is 0 Å². The highest BCUT2D eigenvalue weighted by Crippen LogP contribution is 2.66. The Morgan fingerprint density at radius 3 is 2.05 bits per heavy atom. The largest absolute Gasteiger partial charge is 0.376 e. The van der Waals surface area contributed by atoms with Crippen molar-refractivity contribution in [1.29, 1.82) is 0 Å². The number of ether oxygens (including phenoxy) is 1. The van der Waals surface area contributed by atoms with Crippen LogP contribution in [0.4, 0.5) is 21.0 Å². The molecule has 4 amide bonds. The van der Waals surface area contributed by atoms with Crippen LogP contribution in [0.5, 0.6) is 0 Å². The molecule has 2 aliphatic carbocycles. The summed E-state index contributed by atoms with van der Waals surface area (Å²) in [7, 11) is 0. The summed E-state index contributed by atoms with van der Waals surface area (Å²) in [6, 6.07) is 14.9. The summed E-state index contributed by atoms with van der Waals surface area (Å²) in [6.45, 7) is 12.8. The Labute approximate surface area is 221 Å². The van der Waals surface area contributed by atoms with Crippen molar-refractivity contribution in [1.82, 2.24) is 10.2 Å². The molecular weight excluding hydrogens is 464 g/mol. The predicted octanol–water partition coefficient (Wildman–Crippen LogP) is 6.19. The minimum absolute atomic E-state index is 0.183. The molecule has 0 unspecified atom stereocenters. The summed E-state index contributed by atoms with van der Waals surface area (Å²) in [5.41, 5.74) is 4.21. The van der Waals surface area contributed by atoms with Crippen molar-refractivity contribution >= 4 is 23.4 Å². The van der Waals surface area contributed by atoms with Crippen LogP contribution in [-0.2, 0) is 4.74 Å². The fourth-order valence-electron chi connectivity index (χ4n) is 5.96. The van der Waals surface area contributed by atoms with Crippen molar-refractivity contribution in [2.24, 2.45) is 16.7 Å². The average molecular weight is 507 g/mol. The maximum Gasteiger partial charge on any atom is 0.321 e. The summed E-state index contributed by atoms with van der Waals surface area (Å²) in [5, 5.41) is 8.67. The summed E-state index contributed by atoms with van der Waals surface area (Å²) in [4.78, 5) is 27.2. The number of aryl methyl sites for hydroxylation is 2. The Kier molecular flexibility index (Phi) is 8.12. The van der Waals surface area contributed by atoms with Crippen LogP contribution < -0.4 is 16.0 Å². The number of anilines is 2. The Bertz CT molecular complexity index is 1080. The lowest BCUT2D eigenvalue weighted by molar-refractivity contribution is -0.0494. The molecule has 2 aromatic carbocycles. The predicted molar refractivity (Wildman–Crippen MR) is 149 cm³/mol. The molecule has 2 aromatic rings. The molecule has 0 radical (unpaired) electrons. The number of hydrogen-bond acceptors (Lipinski definition) is 3. The van der Waals surface area contributed by atoms with Gasteiger partial charge in [0.25, 0.3) is 0 Å². The van der Waals surface area contributed by atoms with E-state index in [1.165, 1.54) is 12.8 Å². The monoisotopic (exact) mass is 506 g/mol. The number of fused-ring (bicyclic) bond motifs is 2. The van der Waals surface area contributed by atoms with Gasteiger partial charge in [0.1, 0.15) is 0 Å². The molecule has 37 heavy (non-hydrogen) atoms. The maximum absolute atomic E-state index is 13.1. The van der Waals surface area contributed by atoms with Gasteiger partial charge in [0.15, 0.2) is 0 Å². The summed E-state index contributed by atoms with van der Waals surface area (Å²) in [6.07, 6.45) is 3.80. The van der Waals surface area contributed by atoms with Crippen LogP contribution in [-0.4, -0.2) is 49.3 Å². The van der Waals surface area contributed by atoms with Crippen LogP contribution in [0.25, 0.3) is 0 Å². The molecule has 0 spiro atoms. The molecule has 3 atom stereocenters. The average Bonchev–Trinajstić information content (AvgIpc) is 3.19. The van der Waals surface area contributed by atoms with Gasteiger partial charge in [-0.3, -0.25) is 0 Å². The molecule has 2 bridgehead atoms. The SMILES string of the molecule is Cc1ccc(NC(=O)NCCN(CCO[C@@H]2C[C@H]3CC[C@]2(C)C3(C)C)C(=O)Nc2ccc(C)cc2)cc1. The van der Waals surface area contributed by atoms with Gasteiger partial charge in [-0.2, -0.15) is 0 Å². The lowest BCUT2D eigenvalue weighted by Gasteiger charge is -2.39. The number of carbonyl (C=O) groups is 2. The molecule has 2 fully saturated rings. The van der Waals surface area contributed by atoms with Gasteiger partial charge < -0.3 is 25.6 Å². The second-order valence-corrected chi connectivity index (χ2v) is 11.5. The fraction of sp³-hybridized carbons (Fsp3) is 0.533. The number of nitrogens with one attached hydrogen (secondary N) is 3. The van der Waals surface area contributed by atoms with Gasteiger partial charge in [-0.25, -0.2) is 9.59 Å². The van der Waals surface area contributed by atoms with E-state index in [4.69, 9.17) is 4.74 Å². The van der Waals surface area contributed by atoms with Crippen molar-refractivity contribution in [2.75, 3.05) is 36.9 Å². The van der Waals surface area contributed by atoms with Crippen LogP contribution in [0, 0.1) is 30.6 Å². The number of hydrogen-bond donors (Lipinski definition) is 3. The second-order valence-electron chi connectivity index (χ2n) is 11.5. The van der Waals surface area contributed by atoms with E-state index in [0.717, 1.165) is 28.9 Å². The van der Waals surface area contributed by atoms with E-state index in [1.54, 1.807) is 4.90 Å². The molecular formula is C30H42N4O3. The number of carbonyl (C=O) groups excluding carboxylic acids is 2. The molecule has 7 heteroatoms. The number of amides is 4. The van der Waals surface area contributed by atoms with E-state index in [1.807, 2.05) is 62.4 Å². The van der Waals surface area contributed by atoms with Crippen LogP contribution >= 0.6 is 0 Å². The van der Waals surface area contributed by atoms with Crippen molar-refractivity contribution in [3.63, 3.8) is 0 Å². The Balaban J connectivity index is 1.31. The number of benzene rings is 2. The molecule has 0 heterocycles. The van der Waals surface area contributed by atoms with Crippen LogP contribution in [0.3, 0.4) is 0 Å². The number of rotatable bonds is 9. The van der Waals surface area contributed by atoms with Crippen molar-refractivity contribution < 1.29 is 14.3 Å². The fourth-order valence-corrected chi connectivity index (χ4v) is 5.96. The first-order valence-corrected chi connectivity index (χ1v) is 13.4. The minimum Gasteiger partial charge on any atom is -0.376 e. The van der Waals surface area contributed by atoms with Gasteiger partial charge >= 0.3 is 12.1 Å². The van der Waals surface area contributed by atoms with Crippen molar-refractivity contribution in [3.05, 3.63) is 59.7 Å². The lowest BCUT2D eigenvalue weighted by Crippen LogP contribution is -2.44.